The fourth-order valence-corrected chi connectivity index (χ4v) is 2.97. The number of nitrogens with two attached hydrogens (primary N) is 1. The van der Waals surface area contributed by atoms with E-state index in [9.17, 15) is 0 Å². The standard InChI is InChI=1S/C12H22N4/c1-15-11-2-3-12(15)9-16(7-5-11)6-4-10(14)8-13/h10-12H,2-7,9,14H2,1H3. The molecule has 2 aliphatic rings. The Morgan fingerprint density at radius 1 is 1.38 bits per heavy atom. The van der Waals surface area contributed by atoms with Crippen LogP contribution in [0.1, 0.15) is 25.7 Å². The molecule has 2 N–H and O–H groups in total. The number of rotatable bonds is 3. The zero-order valence-electron chi connectivity index (χ0n) is 10.1. The number of nitriles is 1. The number of hydrogen-bond acceptors (Lipinski definition) is 4. The topological polar surface area (TPSA) is 56.3 Å². The first kappa shape index (κ1) is 11.8. The van der Waals surface area contributed by atoms with Crippen LogP contribution < -0.4 is 5.73 Å². The van der Waals surface area contributed by atoms with E-state index in [1.54, 1.807) is 0 Å². The zero-order chi connectivity index (χ0) is 11.5. The van der Waals surface area contributed by atoms with E-state index >= 15 is 0 Å². The molecule has 2 heterocycles. The number of nitrogens with zero attached hydrogens (tertiary/aromatic N) is 3. The highest BCUT2D eigenvalue weighted by Crippen LogP contribution is 2.28. The molecule has 3 unspecified atom stereocenters. The van der Waals surface area contributed by atoms with Gasteiger partial charge in [0.1, 0.15) is 0 Å². The van der Waals surface area contributed by atoms with E-state index in [1.165, 1.54) is 25.8 Å². The summed E-state index contributed by atoms with van der Waals surface area (Å²) in [5.74, 6) is 0. The van der Waals surface area contributed by atoms with Crippen LogP contribution in [0.4, 0.5) is 0 Å². The van der Waals surface area contributed by atoms with Gasteiger partial charge >= 0.3 is 0 Å². The Labute approximate surface area is 98.0 Å². The Hall–Kier alpha value is -0.630. The molecule has 0 radical (unpaired) electrons. The van der Waals surface area contributed by atoms with E-state index < -0.39 is 0 Å². The van der Waals surface area contributed by atoms with Crippen LogP contribution in [0.15, 0.2) is 0 Å². The van der Waals surface area contributed by atoms with Gasteiger partial charge in [0.25, 0.3) is 0 Å². The zero-order valence-corrected chi connectivity index (χ0v) is 10.1. The lowest BCUT2D eigenvalue weighted by atomic mass is 10.1. The van der Waals surface area contributed by atoms with Gasteiger partial charge in [0.2, 0.25) is 0 Å². The van der Waals surface area contributed by atoms with Crippen molar-refractivity contribution in [3.63, 3.8) is 0 Å². The smallest absolute Gasteiger partial charge is 0.0940 e. The molecular formula is C12H22N4. The summed E-state index contributed by atoms with van der Waals surface area (Å²) in [5, 5.41) is 8.67. The summed E-state index contributed by atoms with van der Waals surface area (Å²) in [6.45, 7) is 3.31. The molecule has 16 heavy (non-hydrogen) atoms. The lowest BCUT2D eigenvalue weighted by Gasteiger charge is -2.25. The van der Waals surface area contributed by atoms with Gasteiger partial charge < -0.3 is 10.6 Å². The van der Waals surface area contributed by atoms with E-state index in [1.807, 2.05) is 0 Å². The van der Waals surface area contributed by atoms with Crippen molar-refractivity contribution >= 4 is 0 Å². The minimum atomic E-state index is -0.293. The van der Waals surface area contributed by atoms with E-state index in [2.05, 4.69) is 22.9 Å². The number of likely N-dealkylation sites (N-methyl/N-ethyl adjacent to an activating group) is 1. The molecule has 2 aliphatic heterocycles. The maximum atomic E-state index is 8.67. The maximum absolute atomic E-state index is 8.67. The summed E-state index contributed by atoms with van der Waals surface area (Å²) in [7, 11) is 2.26. The van der Waals surface area contributed by atoms with Crippen LogP contribution >= 0.6 is 0 Å². The van der Waals surface area contributed by atoms with E-state index in [0.717, 1.165) is 31.6 Å². The quantitative estimate of drug-likeness (QED) is 0.751. The maximum Gasteiger partial charge on any atom is 0.0940 e. The minimum absolute atomic E-state index is 0.293. The second kappa shape index (κ2) is 5.13. The highest BCUT2D eigenvalue weighted by molar-refractivity contribution is 4.92. The Morgan fingerprint density at radius 3 is 2.88 bits per heavy atom. The fraction of sp³-hybridized carbons (Fsp3) is 0.917. The van der Waals surface area contributed by atoms with Crippen molar-refractivity contribution in [3.8, 4) is 6.07 Å². The van der Waals surface area contributed by atoms with Gasteiger partial charge in [-0.3, -0.25) is 4.90 Å². The first-order chi connectivity index (χ1) is 7.70. The Kier molecular flexibility index (Phi) is 3.80. The van der Waals surface area contributed by atoms with Crippen LogP contribution in [0.5, 0.6) is 0 Å². The van der Waals surface area contributed by atoms with Gasteiger partial charge in [0.15, 0.2) is 0 Å². The molecule has 2 fully saturated rings. The highest BCUT2D eigenvalue weighted by Gasteiger charge is 2.34. The molecule has 4 nitrogen and oxygen atoms in total. The van der Waals surface area contributed by atoms with Gasteiger partial charge in [-0.2, -0.15) is 5.26 Å². The van der Waals surface area contributed by atoms with Crippen molar-refractivity contribution in [2.24, 2.45) is 5.73 Å². The van der Waals surface area contributed by atoms with E-state index in [0.29, 0.717) is 0 Å². The Morgan fingerprint density at radius 2 is 2.12 bits per heavy atom. The number of hydrogen-bond donors (Lipinski definition) is 1. The molecule has 0 saturated carbocycles. The average Bonchev–Trinajstić information content (AvgIpc) is 2.52. The van der Waals surface area contributed by atoms with Gasteiger partial charge in [-0.1, -0.05) is 0 Å². The monoisotopic (exact) mass is 222 g/mol. The molecule has 0 aliphatic carbocycles. The van der Waals surface area contributed by atoms with Crippen LogP contribution in [0.3, 0.4) is 0 Å². The van der Waals surface area contributed by atoms with Crippen LogP contribution in [0, 0.1) is 11.3 Å². The van der Waals surface area contributed by atoms with Crippen LogP contribution in [0.2, 0.25) is 0 Å². The van der Waals surface area contributed by atoms with Crippen molar-refractivity contribution < 1.29 is 0 Å². The van der Waals surface area contributed by atoms with Gasteiger partial charge in [-0.15, -0.1) is 0 Å². The summed E-state index contributed by atoms with van der Waals surface area (Å²) in [6.07, 6.45) is 4.78. The second-order valence-corrected chi connectivity index (χ2v) is 5.16. The van der Waals surface area contributed by atoms with Gasteiger partial charge in [0.05, 0.1) is 12.1 Å². The first-order valence-electron chi connectivity index (χ1n) is 6.30. The van der Waals surface area contributed by atoms with Crippen molar-refractivity contribution in [2.45, 2.75) is 43.8 Å². The van der Waals surface area contributed by atoms with Gasteiger partial charge in [-0.25, -0.2) is 0 Å². The van der Waals surface area contributed by atoms with Crippen molar-refractivity contribution in [3.05, 3.63) is 0 Å². The normalized spacial score (nSPS) is 33.3. The summed E-state index contributed by atoms with van der Waals surface area (Å²) in [5.41, 5.74) is 5.63. The predicted octanol–water partition coefficient (Wildman–Crippen LogP) is 0.396. The summed E-state index contributed by atoms with van der Waals surface area (Å²) < 4.78 is 0. The molecular weight excluding hydrogens is 200 g/mol. The number of likely N-dealkylation sites (tertiary alicyclic amines) is 1. The third-order valence-corrected chi connectivity index (χ3v) is 4.15. The predicted molar refractivity (Wildman–Crippen MR) is 63.8 cm³/mol. The Balaban J connectivity index is 1.82. The van der Waals surface area contributed by atoms with Crippen molar-refractivity contribution in [2.75, 3.05) is 26.7 Å². The van der Waals surface area contributed by atoms with Crippen molar-refractivity contribution in [1.82, 2.24) is 9.80 Å². The van der Waals surface area contributed by atoms with E-state index in [4.69, 9.17) is 11.0 Å². The molecule has 4 heteroatoms. The fourth-order valence-electron chi connectivity index (χ4n) is 2.97. The van der Waals surface area contributed by atoms with Gasteiger partial charge in [-0.05, 0) is 39.3 Å². The van der Waals surface area contributed by atoms with Crippen LogP contribution in [-0.4, -0.2) is 54.6 Å². The molecule has 0 aromatic heterocycles. The second-order valence-electron chi connectivity index (χ2n) is 5.16. The molecule has 90 valence electrons. The highest BCUT2D eigenvalue weighted by atomic mass is 15.3. The number of fused-ring (bicyclic) bond motifs is 2. The third kappa shape index (κ3) is 2.54. The van der Waals surface area contributed by atoms with Crippen molar-refractivity contribution in [1.29, 1.82) is 5.26 Å². The van der Waals surface area contributed by atoms with Crippen LogP contribution in [0.25, 0.3) is 0 Å². The van der Waals surface area contributed by atoms with Gasteiger partial charge in [0, 0.05) is 25.2 Å². The average molecular weight is 222 g/mol. The molecule has 2 rings (SSSR count). The summed E-state index contributed by atoms with van der Waals surface area (Å²) in [4.78, 5) is 5.03. The summed E-state index contributed by atoms with van der Waals surface area (Å²) in [6, 6.07) is 3.33. The largest absolute Gasteiger partial charge is 0.316 e. The molecule has 0 spiro atoms. The summed E-state index contributed by atoms with van der Waals surface area (Å²) >= 11 is 0. The van der Waals surface area contributed by atoms with E-state index in [-0.39, 0.29) is 6.04 Å². The molecule has 0 amide bonds. The first-order valence-corrected chi connectivity index (χ1v) is 6.30. The third-order valence-electron chi connectivity index (χ3n) is 4.15. The lowest BCUT2D eigenvalue weighted by Crippen LogP contribution is -2.38. The SMILES string of the molecule is CN1C2CCC1CN(CCC(N)C#N)CC2. The molecule has 2 bridgehead atoms. The molecule has 0 aromatic carbocycles. The lowest BCUT2D eigenvalue weighted by molar-refractivity contribution is 0.217. The molecule has 2 saturated heterocycles. The molecule has 3 atom stereocenters. The minimum Gasteiger partial charge on any atom is -0.316 e. The van der Waals surface area contributed by atoms with Crippen LogP contribution in [-0.2, 0) is 0 Å². The molecule has 0 aromatic rings. The Bertz CT molecular complexity index is 273.